The molecule has 0 aliphatic carbocycles. The fourth-order valence-electron chi connectivity index (χ4n) is 1.24. The van der Waals surface area contributed by atoms with E-state index in [9.17, 15) is 13.2 Å². The highest BCUT2D eigenvalue weighted by atomic mass is 35.5. The topological polar surface area (TPSA) is 61.0 Å². The number of hydrogen-bond donors (Lipinski definition) is 1. The maximum absolute atomic E-state index is 12.5. The van der Waals surface area contributed by atoms with Crippen molar-refractivity contribution in [1.82, 2.24) is 9.97 Å². The first-order chi connectivity index (χ1) is 8.86. The molecule has 1 aromatic heterocycles. The summed E-state index contributed by atoms with van der Waals surface area (Å²) in [6.45, 7) is 0. The summed E-state index contributed by atoms with van der Waals surface area (Å²) in [5.41, 5.74) is 4.77. The van der Waals surface area contributed by atoms with Crippen LogP contribution in [0.5, 0.6) is 11.8 Å². The van der Waals surface area contributed by atoms with E-state index < -0.39 is 17.9 Å². The minimum atomic E-state index is -4.57. The van der Waals surface area contributed by atoms with E-state index >= 15 is 0 Å². The van der Waals surface area contributed by atoms with E-state index in [1.807, 2.05) is 0 Å². The van der Waals surface area contributed by atoms with Crippen LogP contribution in [-0.4, -0.2) is 9.97 Å². The lowest BCUT2D eigenvalue weighted by Crippen LogP contribution is -2.09. The van der Waals surface area contributed by atoms with Gasteiger partial charge in [-0.15, -0.1) is 0 Å². The molecule has 1 heterocycles. The van der Waals surface area contributed by atoms with E-state index in [1.165, 1.54) is 18.2 Å². The number of halogens is 4. The Labute approximate surface area is 111 Å². The molecule has 0 saturated heterocycles. The first-order valence-electron chi connectivity index (χ1n) is 4.99. The van der Waals surface area contributed by atoms with Crippen molar-refractivity contribution in [1.29, 1.82) is 0 Å². The van der Waals surface area contributed by atoms with Crippen molar-refractivity contribution in [2.75, 3.05) is 5.73 Å². The Morgan fingerprint density at radius 1 is 1.21 bits per heavy atom. The highest BCUT2D eigenvalue weighted by Gasteiger charge is 2.33. The van der Waals surface area contributed by atoms with Crippen LogP contribution >= 0.6 is 11.6 Å². The maximum atomic E-state index is 12.5. The van der Waals surface area contributed by atoms with Crippen LogP contribution in [0.15, 0.2) is 30.5 Å². The molecular formula is C11H7ClF3N3O. The third-order valence-electron chi connectivity index (χ3n) is 2.08. The van der Waals surface area contributed by atoms with Crippen LogP contribution in [0, 0.1) is 0 Å². The minimum Gasteiger partial charge on any atom is -0.423 e. The normalized spacial score (nSPS) is 11.4. The molecule has 4 nitrogen and oxygen atoms in total. The number of benzene rings is 1. The molecule has 2 rings (SSSR count). The molecule has 0 amide bonds. The van der Waals surface area contributed by atoms with Gasteiger partial charge in [-0.1, -0.05) is 11.6 Å². The molecule has 0 saturated carbocycles. The Morgan fingerprint density at radius 2 is 1.95 bits per heavy atom. The summed E-state index contributed by atoms with van der Waals surface area (Å²) >= 11 is 5.82. The van der Waals surface area contributed by atoms with Crippen LogP contribution in [0.3, 0.4) is 0 Å². The summed E-state index contributed by atoms with van der Waals surface area (Å²) < 4.78 is 42.5. The Morgan fingerprint density at radius 3 is 2.63 bits per heavy atom. The summed E-state index contributed by atoms with van der Waals surface area (Å²) in [5, 5.41) is 0.190. The minimum absolute atomic E-state index is 0.0843. The molecule has 2 N–H and O–H groups in total. The summed E-state index contributed by atoms with van der Waals surface area (Å²) in [5.74, 6) is 0.0843. The molecule has 1 aromatic carbocycles. The van der Waals surface area contributed by atoms with Crippen molar-refractivity contribution in [3.63, 3.8) is 0 Å². The highest BCUT2D eigenvalue weighted by molar-refractivity contribution is 6.32. The third-order valence-corrected chi connectivity index (χ3v) is 2.39. The van der Waals surface area contributed by atoms with Gasteiger partial charge in [0.2, 0.25) is 0 Å². The number of nitrogens with zero attached hydrogens (tertiary/aromatic N) is 2. The standard InChI is InChI=1S/C11H7ClF3N3O/c12-7-2-1-6(16)5-8(7)19-10-17-4-3-9(18-10)11(13,14)15/h1-5H,16H2. The maximum Gasteiger partial charge on any atom is 0.433 e. The SMILES string of the molecule is Nc1ccc(Cl)c(Oc2nccc(C(F)(F)F)n2)c1. The second kappa shape index (κ2) is 4.93. The number of aromatic nitrogens is 2. The lowest BCUT2D eigenvalue weighted by atomic mass is 10.3. The van der Waals surface area contributed by atoms with Crippen LogP contribution in [0.4, 0.5) is 18.9 Å². The number of nitrogen functional groups attached to an aromatic ring is 1. The van der Waals surface area contributed by atoms with Gasteiger partial charge in [-0.05, 0) is 18.2 Å². The number of anilines is 1. The lowest BCUT2D eigenvalue weighted by Gasteiger charge is -2.09. The van der Waals surface area contributed by atoms with Gasteiger partial charge in [-0.25, -0.2) is 4.98 Å². The van der Waals surface area contributed by atoms with E-state index in [-0.39, 0.29) is 10.8 Å². The summed E-state index contributed by atoms with van der Waals surface area (Å²) in [7, 11) is 0. The predicted molar refractivity (Wildman–Crippen MR) is 63.0 cm³/mol. The molecule has 0 bridgehead atoms. The number of nitrogens with two attached hydrogens (primary N) is 1. The molecule has 0 unspecified atom stereocenters. The average Bonchev–Trinajstić information content (AvgIpc) is 2.33. The predicted octanol–water partition coefficient (Wildman–Crippen LogP) is 3.52. The third kappa shape index (κ3) is 3.25. The number of hydrogen-bond acceptors (Lipinski definition) is 4. The van der Waals surface area contributed by atoms with Gasteiger partial charge in [0.15, 0.2) is 11.4 Å². The van der Waals surface area contributed by atoms with Gasteiger partial charge in [0, 0.05) is 18.0 Å². The second-order valence-corrected chi connectivity index (χ2v) is 3.92. The first-order valence-corrected chi connectivity index (χ1v) is 5.37. The zero-order valence-corrected chi connectivity index (χ0v) is 10.0. The van der Waals surface area contributed by atoms with Crippen LogP contribution in [0.1, 0.15) is 5.69 Å². The lowest BCUT2D eigenvalue weighted by molar-refractivity contribution is -0.141. The Bertz CT molecular complexity index is 604. The Kier molecular flexibility index (Phi) is 3.48. The van der Waals surface area contributed by atoms with Gasteiger partial charge < -0.3 is 10.5 Å². The van der Waals surface area contributed by atoms with Crippen molar-refractivity contribution in [2.24, 2.45) is 0 Å². The first kappa shape index (κ1) is 13.4. The zero-order chi connectivity index (χ0) is 14.0. The monoisotopic (exact) mass is 289 g/mol. The van der Waals surface area contributed by atoms with Gasteiger partial charge in [0.05, 0.1) is 5.02 Å². The van der Waals surface area contributed by atoms with E-state index in [1.54, 1.807) is 0 Å². The quantitative estimate of drug-likeness (QED) is 0.859. The molecule has 19 heavy (non-hydrogen) atoms. The van der Waals surface area contributed by atoms with Crippen molar-refractivity contribution in [2.45, 2.75) is 6.18 Å². The van der Waals surface area contributed by atoms with Crippen LogP contribution in [-0.2, 0) is 6.18 Å². The molecule has 0 fully saturated rings. The number of alkyl halides is 3. The van der Waals surface area contributed by atoms with Crippen molar-refractivity contribution in [3.05, 3.63) is 41.2 Å². The summed E-state index contributed by atoms with van der Waals surface area (Å²) in [6, 6.07) is 4.64. The molecule has 0 spiro atoms. The molecule has 0 atom stereocenters. The van der Waals surface area contributed by atoms with Crippen molar-refractivity contribution < 1.29 is 17.9 Å². The van der Waals surface area contributed by atoms with Crippen LogP contribution < -0.4 is 10.5 Å². The average molecular weight is 290 g/mol. The fraction of sp³-hybridized carbons (Fsp3) is 0.0909. The van der Waals surface area contributed by atoms with Gasteiger partial charge in [-0.2, -0.15) is 18.2 Å². The van der Waals surface area contributed by atoms with Gasteiger partial charge in [-0.3, -0.25) is 0 Å². The smallest absolute Gasteiger partial charge is 0.423 e. The van der Waals surface area contributed by atoms with Gasteiger partial charge in [0.25, 0.3) is 0 Å². The summed E-state index contributed by atoms with van der Waals surface area (Å²) in [6.07, 6.45) is -3.62. The van der Waals surface area contributed by atoms with E-state index in [2.05, 4.69) is 9.97 Å². The number of ether oxygens (including phenoxy) is 1. The molecule has 0 aliphatic rings. The summed E-state index contributed by atoms with van der Waals surface area (Å²) in [4.78, 5) is 6.84. The molecule has 2 aromatic rings. The zero-order valence-electron chi connectivity index (χ0n) is 9.28. The van der Waals surface area contributed by atoms with Crippen molar-refractivity contribution >= 4 is 17.3 Å². The Balaban J connectivity index is 2.31. The van der Waals surface area contributed by atoms with Gasteiger partial charge >= 0.3 is 12.2 Å². The highest BCUT2D eigenvalue weighted by Crippen LogP contribution is 2.32. The van der Waals surface area contributed by atoms with Crippen LogP contribution in [0.25, 0.3) is 0 Å². The van der Waals surface area contributed by atoms with E-state index in [4.69, 9.17) is 22.1 Å². The molecule has 100 valence electrons. The van der Waals surface area contributed by atoms with Gasteiger partial charge in [0.1, 0.15) is 0 Å². The fourth-order valence-corrected chi connectivity index (χ4v) is 1.40. The molecule has 0 radical (unpaired) electrons. The van der Waals surface area contributed by atoms with Crippen LogP contribution in [0.2, 0.25) is 5.02 Å². The molecular weight excluding hydrogens is 283 g/mol. The largest absolute Gasteiger partial charge is 0.433 e. The van der Waals surface area contributed by atoms with E-state index in [0.717, 1.165) is 12.3 Å². The van der Waals surface area contributed by atoms with E-state index in [0.29, 0.717) is 5.69 Å². The second-order valence-electron chi connectivity index (χ2n) is 3.51. The molecule has 8 heteroatoms. The molecule has 0 aliphatic heterocycles. The van der Waals surface area contributed by atoms with Crippen molar-refractivity contribution in [3.8, 4) is 11.8 Å². The Hall–Kier alpha value is -2.02. The number of rotatable bonds is 2.